The summed E-state index contributed by atoms with van der Waals surface area (Å²) < 4.78 is 0. The maximum absolute atomic E-state index is 10.3. The summed E-state index contributed by atoms with van der Waals surface area (Å²) in [5.41, 5.74) is 0.0685. The molecule has 0 heterocycles. The van der Waals surface area contributed by atoms with Crippen LogP contribution >= 0.6 is 0 Å². The molecule has 1 radical (unpaired) electrons. The van der Waals surface area contributed by atoms with Crippen molar-refractivity contribution < 1.29 is 9.72 Å². The Morgan fingerprint density at radius 1 is 1.62 bits per heavy atom. The van der Waals surface area contributed by atoms with Crippen molar-refractivity contribution in [3.05, 3.63) is 34.4 Å². The number of hydrazine groups is 1. The van der Waals surface area contributed by atoms with E-state index in [0.717, 1.165) is 5.01 Å². The molecular weight excluding hydrogens is 174 g/mol. The SMILES string of the molecule is NN(C=O)c1c[c]cc([N+](=O)[O-])c1. The number of carbonyl (C=O) groups is 1. The number of non-ortho nitro benzene ring substituents is 1. The summed E-state index contributed by atoms with van der Waals surface area (Å²) in [6, 6.07) is 6.26. The standard InChI is InChI=1S/C7H6N3O3/c8-9(5-11)6-2-1-3-7(4-6)10(12)13/h2-5H,8H2. The molecule has 1 amide bonds. The number of hydrogen-bond donors (Lipinski definition) is 1. The number of rotatable bonds is 3. The number of nitro groups is 1. The van der Waals surface area contributed by atoms with Gasteiger partial charge in [0, 0.05) is 12.1 Å². The number of nitrogens with zero attached hydrogens (tertiary/aromatic N) is 2. The fourth-order valence-electron chi connectivity index (χ4n) is 0.763. The molecule has 0 aliphatic heterocycles. The van der Waals surface area contributed by atoms with Gasteiger partial charge in [-0.2, -0.15) is 0 Å². The van der Waals surface area contributed by atoms with Gasteiger partial charge in [0.2, 0.25) is 6.41 Å². The van der Waals surface area contributed by atoms with Crippen molar-refractivity contribution in [1.82, 2.24) is 0 Å². The Hall–Kier alpha value is -1.95. The Morgan fingerprint density at radius 3 is 2.85 bits per heavy atom. The molecule has 0 unspecified atom stereocenters. The minimum atomic E-state index is -0.585. The summed E-state index contributed by atoms with van der Waals surface area (Å²) in [5, 5.41) is 11.0. The third kappa shape index (κ3) is 2.00. The van der Waals surface area contributed by atoms with Crippen LogP contribution in [0.3, 0.4) is 0 Å². The van der Waals surface area contributed by atoms with E-state index in [1.807, 2.05) is 0 Å². The fraction of sp³-hybridized carbons (Fsp3) is 0. The minimum absolute atomic E-state index is 0.158. The fourth-order valence-corrected chi connectivity index (χ4v) is 0.763. The van der Waals surface area contributed by atoms with Crippen LogP contribution in [-0.2, 0) is 4.79 Å². The monoisotopic (exact) mass is 180 g/mol. The number of benzene rings is 1. The van der Waals surface area contributed by atoms with Gasteiger partial charge in [-0.3, -0.25) is 19.9 Å². The molecule has 1 aromatic rings. The van der Waals surface area contributed by atoms with Gasteiger partial charge in [-0.25, -0.2) is 5.84 Å². The second kappa shape index (κ2) is 3.63. The van der Waals surface area contributed by atoms with Crippen LogP contribution in [0.4, 0.5) is 11.4 Å². The molecule has 6 heteroatoms. The van der Waals surface area contributed by atoms with E-state index in [4.69, 9.17) is 5.84 Å². The van der Waals surface area contributed by atoms with Crippen molar-refractivity contribution in [2.75, 3.05) is 5.01 Å². The van der Waals surface area contributed by atoms with E-state index in [-0.39, 0.29) is 11.4 Å². The Kier molecular flexibility index (Phi) is 2.56. The van der Waals surface area contributed by atoms with Gasteiger partial charge in [-0.1, -0.05) is 0 Å². The van der Waals surface area contributed by atoms with Crippen molar-refractivity contribution in [2.24, 2.45) is 5.84 Å². The lowest BCUT2D eigenvalue weighted by molar-refractivity contribution is -0.384. The largest absolute Gasteiger partial charge is 0.277 e. The van der Waals surface area contributed by atoms with E-state index in [0.29, 0.717) is 6.41 Å². The number of anilines is 1. The van der Waals surface area contributed by atoms with Crippen LogP contribution in [-0.4, -0.2) is 11.3 Å². The molecule has 67 valence electrons. The van der Waals surface area contributed by atoms with Crippen LogP contribution in [0.25, 0.3) is 0 Å². The molecule has 0 saturated carbocycles. The zero-order valence-electron chi connectivity index (χ0n) is 6.51. The molecule has 0 aliphatic carbocycles. The highest BCUT2D eigenvalue weighted by Crippen LogP contribution is 2.17. The van der Waals surface area contributed by atoms with Gasteiger partial charge in [-0.15, -0.1) is 0 Å². The summed E-state index contributed by atoms with van der Waals surface area (Å²) in [4.78, 5) is 19.9. The summed E-state index contributed by atoms with van der Waals surface area (Å²) in [6.07, 6.45) is 0.354. The highest BCUT2D eigenvalue weighted by Gasteiger charge is 2.07. The van der Waals surface area contributed by atoms with Crippen LogP contribution in [0.2, 0.25) is 0 Å². The Balaban J connectivity index is 3.04. The Labute approximate surface area is 73.7 Å². The van der Waals surface area contributed by atoms with Gasteiger partial charge < -0.3 is 0 Å². The molecule has 0 aromatic heterocycles. The minimum Gasteiger partial charge on any atom is -0.277 e. The van der Waals surface area contributed by atoms with Gasteiger partial charge in [0.15, 0.2) is 0 Å². The number of carbonyl (C=O) groups excluding carboxylic acids is 1. The Morgan fingerprint density at radius 2 is 2.31 bits per heavy atom. The van der Waals surface area contributed by atoms with Gasteiger partial charge in [0.1, 0.15) is 0 Å². The zero-order valence-corrected chi connectivity index (χ0v) is 6.51. The van der Waals surface area contributed by atoms with E-state index in [2.05, 4.69) is 6.07 Å². The van der Waals surface area contributed by atoms with Gasteiger partial charge in [0.05, 0.1) is 10.6 Å². The summed E-state index contributed by atoms with van der Waals surface area (Å²) in [6.45, 7) is 0. The second-order valence-corrected chi connectivity index (χ2v) is 2.22. The molecule has 0 bridgehead atoms. The number of hydrogen-bond acceptors (Lipinski definition) is 4. The van der Waals surface area contributed by atoms with Crippen molar-refractivity contribution in [3.63, 3.8) is 0 Å². The van der Waals surface area contributed by atoms with Crippen LogP contribution in [0, 0.1) is 16.2 Å². The Bertz CT molecular complexity index is 340. The van der Waals surface area contributed by atoms with Crippen molar-refractivity contribution in [1.29, 1.82) is 0 Å². The maximum Gasteiger partial charge on any atom is 0.272 e. The van der Waals surface area contributed by atoms with Crippen LogP contribution in [0.1, 0.15) is 0 Å². The summed E-state index contributed by atoms with van der Waals surface area (Å²) in [5.74, 6) is 5.19. The third-order valence-corrected chi connectivity index (χ3v) is 1.38. The van der Waals surface area contributed by atoms with Crippen molar-refractivity contribution in [3.8, 4) is 0 Å². The molecule has 0 spiro atoms. The quantitative estimate of drug-likeness (QED) is 0.237. The average Bonchev–Trinajstić information content (AvgIpc) is 2.17. The molecule has 1 aromatic carbocycles. The first-order valence-electron chi connectivity index (χ1n) is 3.30. The molecule has 1 rings (SSSR count). The maximum atomic E-state index is 10.3. The second-order valence-electron chi connectivity index (χ2n) is 2.22. The van der Waals surface area contributed by atoms with E-state index < -0.39 is 4.92 Å². The molecule has 0 fully saturated rings. The first kappa shape index (κ1) is 9.14. The lowest BCUT2D eigenvalue weighted by atomic mass is 10.3. The van der Waals surface area contributed by atoms with Crippen LogP contribution in [0.15, 0.2) is 18.2 Å². The first-order chi connectivity index (χ1) is 6.15. The molecule has 6 nitrogen and oxygen atoms in total. The van der Waals surface area contributed by atoms with E-state index >= 15 is 0 Å². The first-order valence-corrected chi connectivity index (χ1v) is 3.30. The number of amides is 1. The van der Waals surface area contributed by atoms with E-state index in [1.54, 1.807) is 0 Å². The third-order valence-electron chi connectivity index (χ3n) is 1.38. The molecule has 0 saturated heterocycles. The molecule has 2 N–H and O–H groups in total. The number of nitrogens with two attached hydrogens (primary N) is 1. The summed E-state index contributed by atoms with van der Waals surface area (Å²) in [7, 11) is 0. The van der Waals surface area contributed by atoms with Gasteiger partial charge in [0.25, 0.3) is 5.69 Å². The van der Waals surface area contributed by atoms with Gasteiger partial charge >= 0.3 is 0 Å². The van der Waals surface area contributed by atoms with E-state index in [9.17, 15) is 14.9 Å². The van der Waals surface area contributed by atoms with Gasteiger partial charge in [-0.05, 0) is 12.1 Å². The highest BCUT2D eigenvalue weighted by atomic mass is 16.6. The van der Waals surface area contributed by atoms with Crippen molar-refractivity contribution >= 4 is 17.8 Å². The predicted octanol–water partition coefficient (Wildman–Crippen LogP) is 0.231. The highest BCUT2D eigenvalue weighted by molar-refractivity contribution is 5.74. The topological polar surface area (TPSA) is 89.5 Å². The summed E-state index contributed by atoms with van der Waals surface area (Å²) >= 11 is 0. The lowest BCUT2D eigenvalue weighted by Crippen LogP contribution is -2.28. The zero-order chi connectivity index (χ0) is 9.84. The van der Waals surface area contributed by atoms with Crippen molar-refractivity contribution in [2.45, 2.75) is 0 Å². The molecule has 0 aliphatic rings. The van der Waals surface area contributed by atoms with Crippen LogP contribution in [0.5, 0.6) is 0 Å². The number of nitro benzene ring substituents is 1. The van der Waals surface area contributed by atoms with E-state index in [1.165, 1.54) is 18.2 Å². The predicted molar refractivity (Wildman–Crippen MR) is 44.7 cm³/mol. The molecular formula is C7H6N3O3. The normalized spacial score (nSPS) is 9.31. The molecule has 13 heavy (non-hydrogen) atoms. The van der Waals surface area contributed by atoms with Crippen LogP contribution < -0.4 is 10.9 Å². The molecule has 0 atom stereocenters. The average molecular weight is 180 g/mol. The lowest BCUT2D eigenvalue weighted by Gasteiger charge is -2.08. The smallest absolute Gasteiger partial charge is 0.272 e.